The van der Waals surface area contributed by atoms with Crippen LogP contribution in [0.1, 0.15) is 26.2 Å². The first kappa shape index (κ1) is 13.8. The molecule has 2 heterocycles. The van der Waals surface area contributed by atoms with Crippen LogP contribution in [-0.4, -0.2) is 55.7 Å². The normalized spacial score (nSPS) is 31.2. The predicted molar refractivity (Wildman–Crippen MR) is 70.2 cm³/mol. The van der Waals surface area contributed by atoms with Crippen molar-refractivity contribution in [3.05, 3.63) is 0 Å². The average molecular weight is 255 g/mol. The number of amides is 1. The molecule has 0 aromatic rings. The molecule has 5 heteroatoms. The van der Waals surface area contributed by atoms with Gasteiger partial charge in [-0.15, -0.1) is 0 Å². The third-order valence-electron chi connectivity index (χ3n) is 4.01. The zero-order valence-electron chi connectivity index (χ0n) is 11.2. The number of carbonyl (C=O) groups excluding carboxylic acids is 1. The van der Waals surface area contributed by atoms with Crippen molar-refractivity contribution in [3.8, 4) is 0 Å². The summed E-state index contributed by atoms with van der Waals surface area (Å²) in [6, 6.07) is 0.593. The number of ether oxygens (including phenoxy) is 1. The lowest BCUT2D eigenvalue weighted by Crippen LogP contribution is -2.50. The van der Waals surface area contributed by atoms with E-state index in [-0.39, 0.29) is 5.91 Å². The van der Waals surface area contributed by atoms with Gasteiger partial charge >= 0.3 is 0 Å². The molecule has 5 nitrogen and oxygen atoms in total. The fourth-order valence-corrected chi connectivity index (χ4v) is 2.71. The minimum absolute atomic E-state index is 0.143. The van der Waals surface area contributed by atoms with Crippen molar-refractivity contribution in [1.82, 2.24) is 10.2 Å². The van der Waals surface area contributed by atoms with Gasteiger partial charge in [0.2, 0.25) is 5.91 Å². The van der Waals surface area contributed by atoms with E-state index in [4.69, 9.17) is 10.5 Å². The Hall–Kier alpha value is -0.650. The molecule has 0 spiro atoms. The number of piperidine rings is 1. The first-order valence-corrected chi connectivity index (χ1v) is 7.00. The van der Waals surface area contributed by atoms with Crippen LogP contribution in [0.4, 0.5) is 0 Å². The molecule has 0 bridgehead atoms. The number of hydrogen-bond donors (Lipinski definition) is 2. The summed E-state index contributed by atoms with van der Waals surface area (Å²) < 4.78 is 5.28. The van der Waals surface area contributed by atoms with Crippen molar-refractivity contribution in [1.29, 1.82) is 0 Å². The zero-order chi connectivity index (χ0) is 13.0. The second kappa shape index (κ2) is 6.50. The SMILES string of the molecule is CC1CN(CC(=O)NC2CCOCC2)CCC1N. The summed E-state index contributed by atoms with van der Waals surface area (Å²) in [6.07, 6.45) is 2.87. The zero-order valence-corrected chi connectivity index (χ0v) is 11.2. The standard InChI is InChI=1S/C13H25N3O2/c1-10-8-16(5-2-12(10)14)9-13(17)15-11-3-6-18-7-4-11/h10-12H,2-9,14H2,1H3,(H,15,17). The van der Waals surface area contributed by atoms with Crippen molar-refractivity contribution in [2.24, 2.45) is 11.7 Å². The van der Waals surface area contributed by atoms with Crippen LogP contribution in [0.25, 0.3) is 0 Å². The highest BCUT2D eigenvalue weighted by Gasteiger charge is 2.25. The van der Waals surface area contributed by atoms with Gasteiger partial charge in [-0.25, -0.2) is 0 Å². The molecule has 2 aliphatic rings. The number of hydrogen-bond acceptors (Lipinski definition) is 4. The van der Waals surface area contributed by atoms with E-state index in [0.717, 1.165) is 45.6 Å². The number of rotatable bonds is 3. The molecule has 18 heavy (non-hydrogen) atoms. The summed E-state index contributed by atoms with van der Waals surface area (Å²) >= 11 is 0. The summed E-state index contributed by atoms with van der Waals surface area (Å²) in [7, 11) is 0. The molecular weight excluding hydrogens is 230 g/mol. The van der Waals surface area contributed by atoms with Crippen molar-refractivity contribution < 1.29 is 9.53 Å². The molecule has 0 saturated carbocycles. The molecule has 104 valence electrons. The topological polar surface area (TPSA) is 67.6 Å². The lowest BCUT2D eigenvalue weighted by Gasteiger charge is -2.35. The minimum atomic E-state index is 0.143. The van der Waals surface area contributed by atoms with Gasteiger partial charge in [0.25, 0.3) is 0 Å². The largest absolute Gasteiger partial charge is 0.381 e. The maximum Gasteiger partial charge on any atom is 0.234 e. The number of likely N-dealkylation sites (tertiary alicyclic amines) is 1. The van der Waals surface area contributed by atoms with Crippen LogP contribution in [0, 0.1) is 5.92 Å². The molecule has 2 rings (SSSR count). The highest BCUT2D eigenvalue weighted by molar-refractivity contribution is 5.78. The quantitative estimate of drug-likeness (QED) is 0.742. The number of carbonyl (C=O) groups is 1. The van der Waals surface area contributed by atoms with Gasteiger partial charge in [-0.05, 0) is 25.2 Å². The van der Waals surface area contributed by atoms with Gasteiger partial charge in [0.05, 0.1) is 6.54 Å². The van der Waals surface area contributed by atoms with E-state index in [1.165, 1.54) is 0 Å². The van der Waals surface area contributed by atoms with Crippen LogP contribution in [0.5, 0.6) is 0 Å². The molecule has 3 N–H and O–H groups in total. The summed E-state index contributed by atoms with van der Waals surface area (Å²) in [6.45, 7) is 6.07. The maximum absolute atomic E-state index is 11.9. The summed E-state index contributed by atoms with van der Waals surface area (Å²) in [4.78, 5) is 14.2. The molecule has 0 radical (unpaired) electrons. The van der Waals surface area contributed by atoms with Crippen molar-refractivity contribution in [2.75, 3.05) is 32.8 Å². The van der Waals surface area contributed by atoms with E-state index < -0.39 is 0 Å². The van der Waals surface area contributed by atoms with Gasteiger partial charge in [0.15, 0.2) is 0 Å². The van der Waals surface area contributed by atoms with E-state index in [9.17, 15) is 4.79 Å². The fraction of sp³-hybridized carbons (Fsp3) is 0.923. The Bertz CT molecular complexity index is 279. The van der Waals surface area contributed by atoms with E-state index in [2.05, 4.69) is 17.1 Å². The minimum Gasteiger partial charge on any atom is -0.381 e. The third kappa shape index (κ3) is 3.93. The molecule has 2 fully saturated rings. The van der Waals surface area contributed by atoms with Gasteiger partial charge in [0.1, 0.15) is 0 Å². The second-order valence-corrected chi connectivity index (χ2v) is 5.62. The molecule has 2 aliphatic heterocycles. The van der Waals surface area contributed by atoms with Crippen LogP contribution in [-0.2, 0) is 9.53 Å². The highest BCUT2D eigenvalue weighted by atomic mass is 16.5. The first-order valence-electron chi connectivity index (χ1n) is 7.00. The Labute approximate surface area is 109 Å². The Morgan fingerprint density at radius 2 is 2.11 bits per heavy atom. The summed E-state index contributed by atoms with van der Waals surface area (Å²) in [5.74, 6) is 0.624. The van der Waals surface area contributed by atoms with E-state index in [0.29, 0.717) is 24.5 Å². The number of nitrogens with two attached hydrogens (primary N) is 1. The molecule has 1 amide bonds. The van der Waals surface area contributed by atoms with E-state index >= 15 is 0 Å². The van der Waals surface area contributed by atoms with Crippen LogP contribution in [0.15, 0.2) is 0 Å². The van der Waals surface area contributed by atoms with Gasteiger partial charge in [-0.2, -0.15) is 0 Å². The molecule has 2 unspecified atom stereocenters. The number of nitrogens with one attached hydrogen (secondary N) is 1. The Morgan fingerprint density at radius 1 is 1.39 bits per heavy atom. The van der Waals surface area contributed by atoms with Gasteiger partial charge < -0.3 is 15.8 Å². The maximum atomic E-state index is 11.9. The molecular formula is C13H25N3O2. The second-order valence-electron chi connectivity index (χ2n) is 5.62. The molecule has 0 aliphatic carbocycles. The van der Waals surface area contributed by atoms with Crippen LogP contribution in [0.3, 0.4) is 0 Å². The fourth-order valence-electron chi connectivity index (χ4n) is 2.71. The lowest BCUT2D eigenvalue weighted by atomic mass is 9.95. The number of nitrogens with zero attached hydrogens (tertiary/aromatic N) is 1. The van der Waals surface area contributed by atoms with E-state index in [1.54, 1.807) is 0 Å². The Balaban J connectivity index is 1.70. The van der Waals surface area contributed by atoms with Crippen molar-refractivity contribution in [3.63, 3.8) is 0 Å². The lowest BCUT2D eigenvalue weighted by molar-refractivity contribution is -0.124. The van der Waals surface area contributed by atoms with E-state index in [1.807, 2.05) is 0 Å². The summed E-state index contributed by atoms with van der Waals surface area (Å²) in [5, 5.41) is 3.10. The molecule has 2 atom stereocenters. The third-order valence-corrected chi connectivity index (χ3v) is 4.01. The first-order chi connectivity index (χ1) is 8.65. The Kier molecular flexibility index (Phi) is 4.97. The molecule has 0 aromatic heterocycles. The van der Waals surface area contributed by atoms with Crippen molar-refractivity contribution >= 4 is 5.91 Å². The van der Waals surface area contributed by atoms with Crippen LogP contribution >= 0.6 is 0 Å². The monoisotopic (exact) mass is 255 g/mol. The van der Waals surface area contributed by atoms with Gasteiger partial charge in [-0.1, -0.05) is 6.92 Å². The molecule has 0 aromatic carbocycles. The smallest absolute Gasteiger partial charge is 0.234 e. The molecule has 2 saturated heterocycles. The average Bonchev–Trinajstić information content (AvgIpc) is 2.35. The predicted octanol–water partition coefficient (Wildman–Crippen LogP) is -0.0493. The van der Waals surface area contributed by atoms with Crippen molar-refractivity contribution in [2.45, 2.75) is 38.3 Å². The Morgan fingerprint density at radius 3 is 2.78 bits per heavy atom. The van der Waals surface area contributed by atoms with Crippen LogP contribution < -0.4 is 11.1 Å². The summed E-state index contributed by atoms with van der Waals surface area (Å²) in [5.41, 5.74) is 5.98. The van der Waals surface area contributed by atoms with Gasteiger partial charge in [-0.3, -0.25) is 9.69 Å². The van der Waals surface area contributed by atoms with Gasteiger partial charge in [0, 0.05) is 38.4 Å². The van der Waals surface area contributed by atoms with Crippen LogP contribution in [0.2, 0.25) is 0 Å². The highest BCUT2D eigenvalue weighted by Crippen LogP contribution is 2.14.